The molecular weight excluding hydrogens is 646 g/mol. The molecule has 272 valence electrons. The van der Waals surface area contributed by atoms with Gasteiger partial charge < -0.3 is 41.5 Å². The number of hydrogen-bond donors (Lipinski definition) is 7. The molecule has 2 rings (SSSR count). The van der Waals surface area contributed by atoms with E-state index in [0.717, 1.165) is 0 Å². The van der Waals surface area contributed by atoms with Crippen molar-refractivity contribution in [1.82, 2.24) is 16.0 Å². The molecule has 0 aliphatic rings. The Morgan fingerprint density at radius 1 is 0.720 bits per heavy atom. The van der Waals surface area contributed by atoms with E-state index < -0.39 is 53.8 Å². The van der Waals surface area contributed by atoms with E-state index in [-0.39, 0.29) is 43.4 Å². The fourth-order valence-electron chi connectivity index (χ4n) is 4.71. The zero-order chi connectivity index (χ0) is 37.4. The maximum Gasteiger partial charge on any atom is 0.326 e. The van der Waals surface area contributed by atoms with E-state index in [1.165, 1.54) is 12.2 Å². The second-order valence-corrected chi connectivity index (χ2v) is 13.5. The second-order valence-electron chi connectivity index (χ2n) is 13.5. The van der Waals surface area contributed by atoms with Crippen molar-refractivity contribution in [1.29, 1.82) is 0 Å². The van der Waals surface area contributed by atoms with E-state index in [9.17, 15) is 39.0 Å². The first-order valence-electron chi connectivity index (χ1n) is 16.3. The van der Waals surface area contributed by atoms with Gasteiger partial charge in [-0.25, -0.2) is 14.4 Å². The molecule has 0 aromatic heterocycles. The smallest absolute Gasteiger partial charge is 0.326 e. The summed E-state index contributed by atoms with van der Waals surface area (Å²) in [5.41, 5.74) is 1.36. The lowest BCUT2D eigenvalue weighted by Gasteiger charge is -2.22. The largest absolute Gasteiger partial charge is 0.497 e. The van der Waals surface area contributed by atoms with Crippen molar-refractivity contribution in [3.63, 3.8) is 0 Å². The number of rotatable bonds is 18. The fourth-order valence-corrected chi connectivity index (χ4v) is 4.71. The third kappa shape index (κ3) is 15.7. The summed E-state index contributed by atoms with van der Waals surface area (Å²) >= 11 is 0. The molecule has 14 heteroatoms. The van der Waals surface area contributed by atoms with E-state index in [2.05, 4.69) is 26.6 Å². The van der Waals surface area contributed by atoms with Gasteiger partial charge >= 0.3 is 18.0 Å². The van der Waals surface area contributed by atoms with Gasteiger partial charge in [0.2, 0.25) is 17.7 Å². The van der Waals surface area contributed by atoms with Gasteiger partial charge in [-0.05, 0) is 72.6 Å². The molecule has 3 unspecified atom stereocenters. The zero-order valence-corrected chi connectivity index (χ0v) is 29.4. The summed E-state index contributed by atoms with van der Waals surface area (Å²) in [6.45, 7) is 9.28. The van der Waals surface area contributed by atoms with Crippen LogP contribution in [0.2, 0.25) is 0 Å². The minimum atomic E-state index is -1.34. The number of aliphatic carboxylic acids is 2. The van der Waals surface area contributed by atoms with Gasteiger partial charge in [0.05, 0.1) is 13.5 Å². The number of carboxylic acid groups (broad SMARTS) is 2. The van der Waals surface area contributed by atoms with Gasteiger partial charge in [0.1, 0.15) is 23.9 Å². The quantitative estimate of drug-likeness (QED) is 0.111. The summed E-state index contributed by atoms with van der Waals surface area (Å²) in [6.07, 6.45) is 2.97. The average molecular weight is 696 g/mol. The van der Waals surface area contributed by atoms with E-state index in [4.69, 9.17) is 4.74 Å². The van der Waals surface area contributed by atoms with Crippen LogP contribution in [0, 0.1) is 11.3 Å². The predicted molar refractivity (Wildman–Crippen MR) is 189 cm³/mol. The summed E-state index contributed by atoms with van der Waals surface area (Å²) in [7, 11) is 1.55. The number of anilines is 2. The normalized spacial score (nSPS) is 13.1. The number of ether oxygens (including phenoxy) is 1. The summed E-state index contributed by atoms with van der Waals surface area (Å²) in [6, 6.07) is 9.43. The molecule has 2 aromatic rings. The zero-order valence-electron chi connectivity index (χ0n) is 29.4. The van der Waals surface area contributed by atoms with Crippen molar-refractivity contribution in [3.8, 4) is 5.75 Å². The highest BCUT2D eigenvalue weighted by molar-refractivity contribution is 5.99. The van der Waals surface area contributed by atoms with Crippen LogP contribution in [0.5, 0.6) is 5.75 Å². The van der Waals surface area contributed by atoms with Crippen LogP contribution in [0.3, 0.4) is 0 Å². The van der Waals surface area contributed by atoms with Crippen LogP contribution in [-0.4, -0.2) is 71.1 Å². The Bertz CT molecular complexity index is 1500. The Balaban J connectivity index is 1.95. The van der Waals surface area contributed by atoms with Crippen LogP contribution in [0.15, 0.2) is 60.7 Å². The molecule has 7 N–H and O–H groups in total. The molecule has 50 heavy (non-hydrogen) atoms. The number of hydrogen-bond acceptors (Lipinski definition) is 7. The van der Waals surface area contributed by atoms with Crippen molar-refractivity contribution in [2.45, 2.75) is 84.8 Å². The summed E-state index contributed by atoms with van der Waals surface area (Å²) in [5, 5.41) is 32.3. The standard InChI is InChI=1S/C36H49N5O9/c1-22(2)19-29(32(44)41-28(34(47)48)10-8-7-9-27(33(45)46)39-31(43)21-36(3,4)5)40-30(42)20-23-11-13-24(14-12-23)37-35(49)38-25-15-17-26(50-6)18-16-25/h7-8,11-18,22,27-29H,9-10,19-21H2,1-6H3,(H,39,43)(H,40,42)(H,41,44)(H,45,46)(H,47,48)(H2,37,38,49)/b8-7+. The average Bonchev–Trinajstić information content (AvgIpc) is 3.01. The number of nitrogens with one attached hydrogen (secondary N) is 5. The number of carboxylic acids is 2. The topological polar surface area (TPSA) is 212 Å². The Kier molecular flexibility index (Phi) is 16.0. The maximum atomic E-state index is 13.2. The number of benzene rings is 2. The van der Waals surface area contributed by atoms with Crippen LogP contribution in [0.25, 0.3) is 0 Å². The van der Waals surface area contributed by atoms with E-state index in [1.54, 1.807) is 55.6 Å². The maximum absolute atomic E-state index is 13.2. The lowest BCUT2D eigenvalue weighted by molar-refractivity contribution is -0.142. The number of carbonyl (C=O) groups is 6. The lowest BCUT2D eigenvalue weighted by atomic mass is 9.92. The van der Waals surface area contributed by atoms with E-state index in [1.807, 2.05) is 34.6 Å². The number of carbonyl (C=O) groups excluding carboxylic acids is 4. The second kappa shape index (κ2) is 19.6. The SMILES string of the molecule is COc1ccc(NC(=O)Nc2ccc(CC(=O)NC(CC(C)C)C(=O)NC(C/C=C/CC(NC(=O)CC(C)(C)C)C(=O)O)C(=O)O)cc2)cc1. The number of urea groups is 1. The van der Waals surface area contributed by atoms with Gasteiger partial charge in [-0.2, -0.15) is 0 Å². The number of amides is 5. The van der Waals surface area contributed by atoms with Crippen LogP contribution in [-0.2, 0) is 30.4 Å². The summed E-state index contributed by atoms with van der Waals surface area (Å²) in [5.74, 6) is -3.43. The molecule has 0 saturated carbocycles. The molecule has 0 saturated heterocycles. The van der Waals surface area contributed by atoms with E-state index >= 15 is 0 Å². The first-order valence-corrected chi connectivity index (χ1v) is 16.3. The predicted octanol–water partition coefficient (Wildman–Crippen LogP) is 4.32. The lowest BCUT2D eigenvalue weighted by Crippen LogP contribution is -2.52. The third-order valence-electron chi connectivity index (χ3n) is 7.13. The molecule has 0 aliphatic carbocycles. The molecule has 0 fully saturated rings. The molecule has 0 radical (unpaired) electrons. The Morgan fingerprint density at radius 3 is 1.66 bits per heavy atom. The van der Waals surface area contributed by atoms with Gasteiger partial charge in [0.15, 0.2) is 0 Å². The molecule has 5 amide bonds. The van der Waals surface area contributed by atoms with E-state index in [0.29, 0.717) is 22.7 Å². The number of methoxy groups -OCH3 is 1. The monoisotopic (exact) mass is 695 g/mol. The Labute approximate surface area is 292 Å². The van der Waals surface area contributed by atoms with Gasteiger partial charge in [-0.1, -0.05) is 58.9 Å². The summed E-state index contributed by atoms with van der Waals surface area (Å²) in [4.78, 5) is 74.2. The van der Waals surface area contributed by atoms with Crippen LogP contribution in [0.1, 0.15) is 65.9 Å². The molecule has 3 atom stereocenters. The third-order valence-corrected chi connectivity index (χ3v) is 7.13. The highest BCUT2D eigenvalue weighted by Crippen LogP contribution is 2.19. The fraction of sp³-hybridized carbons (Fsp3) is 0.444. The van der Waals surface area contributed by atoms with Crippen LogP contribution >= 0.6 is 0 Å². The van der Waals surface area contributed by atoms with Crippen molar-refractivity contribution >= 4 is 47.1 Å². The van der Waals surface area contributed by atoms with Gasteiger partial charge in [-0.3, -0.25) is 14.4 Å². The van der Waals surface area contributed by atoms with Gasteiger partial charge in [0.25, 0.3) is 0 Å². The van der Waals surface area contributed by atoms with Crippen molar-refractivity contribution in [2.75, 3.05) is 17.7 Å². The molecule has 14 nitrogen and oxygen atoms in total. The molecule has 0 bridgehead atoms. The Hall–Kier alpha value is -5.40. The van der Waals surface area contributed by atoms with Crippen LogP contribution < -0.4 is 31.3 Å². The highest BCUT2D eigenvalue weighted by atomic mass is 16.5. The summed E-state index contributed by atoms with van der Waals surface area (Å²) < 4.78 is 5.10. The molecular formula is C36H49N5O9. The first-order chi connectivity index (χ1) is 23.4. The van der Waals surface area contributed by atoms with Crippen molar-refractivity contribution in [2.24, 2.45) is 11.3 Å². The first kappa shape index (κ1) is 40.8. The van der Waals surface area contributed by atoms with Crippen LogP contribution in [0.4, 0.5) is 16.2 Å². The molecule has 2 aromatic carbocycles. The van der Waals surface area contributed by atoms with Crippen molar-refractivity contribution < 1.29 is 43.7 Å². The van der Waals surface area contributed by atoms with Crippen molar-refractivity contribution in [3.05, 3.63) is 66.2 Å². The minimum Gasteiger partial charge on any atom is -0.497 e. The Morgan fingerprint density at radius 2 is 1.20 bits per heavy atom. The molecule has 0 aliphatic heterocycles. The molecule has 0 spiro atoms. The molecule has 0 heterocycles. The van der Waals surface area contributed by atoms with Gasteiger partial charge in [0, 0.05) is 17.8 Å². The minimum absolute atomic E-state index is 0.00918. The van der Waals surface area contributed by atoms with Gasteiger partial charge in [-0.15, -0.1) is 0 Å². The highest BCUT2D eigenvalue weighted by Gasteiger charge is 2.27.